The Morgan fingerprint density at radius 3 is 2.54 bits per heavy atom. The molecule has 0 saturated heterocycles. The average Bonchev–Trinajstić information content (AvgIpc) is 2.02. The molecule has 0 saturated carbocycles. The standard InChI is InChI=1S/C8H19N3O2/c1-6(9)5-10-3-4-11-7(2)8(12)13/h6-7,10-11H,3-5,9H2,1-2H3,(H,12,13)/t6-,7-/m0/s1. The molecule has 0 unspecified atom stereocenters. The van der Waals surface area contributed by atoms with Crippen LogP contribution in [-0.4, -0.2) is 42.8 Å². The fraction of sp³-hybridized carbons (Fsp3) is 0.875. The van der Waals surface area contributed by atoms with Crippen LogP contribution in [0.1, 0.15) is 13.8 Å². The lowest BCUT2D eigenvalue weighted by molar-refractivity contribution is -0.138. The molecular formula is C8H19N3O2. The van der Waals surface area contributed by atoms with E-state index in [-0.39, 0.29) is 6.04 Å². The fourth-order valence-corrected chi connectivity index (χ4v) is 0.794. The van der Waals surface area contributed by atoms with Gasteiger partial charge in [-0.15, -0.1) is 0 Å². The first-order valence-corrected chi connectivity index (χ1v) is 4.46. The number of carbonyl (C=O) groups is 1. The summed E-state index contributed by atoms with van der Waals surface area (Å²) in [5, 5.41) is 14.5. The normalized spacial score (nSPS) is 15.3. The molecule has 5 N–H and O–H groups in total. The number of aliphatic carboxylic acids is 1. The van der Waals surface area contributed by atoms with Crippen LogP contribution in [0.3, 0.4) is 0 Å². The molecule has 2 atom stereocenters. The van der Waals surface area contributed by atoms with Crippen molar-refractivity contribution in [1.82, 2.24) is 10.6 Å². The molecule has 0 aliphatic rings. The minimum Gasteiger partial charge on any atom is -0.480 e. The van der Waals surface area contributed by atoms with Gasteiger partial charge >= 0.3 is 5.97 Å². The van der Waals surface area contributed by atoms with Crippen molar-refractivity contribution in [3.05, 3.63) is 0 Å². The minimum absolute atomic E-state index is 0.136. The van der Waals surface area contributed by atoms with Crippen molar-refractivity contribution in [2.45, 2.75) is 25.9 Å². The number of nitrogens with two attached hydrogens (primary N) is 1. The van der Waals surface area contributed by atoms with Gasteiger partial charge in [0.2, 0.25) is 0 Å². The van der Waals surface area contributed by atoms with Crippen molar-refractivity contribution in [3.8, 4) is 0 Å². The highest BCUT2D eigenvalue weighted by Crippen LogP contribution is 1.78. The molecular weight excluding hydrogens is 170 g/mol. The summed E-state index contributed by atoms with van der Waals surface area (Å²) in [6, 6.07) is -0.353. The second-order valence-electron chi connectivity index (χ2n) is 3.20. The Hall–Kier alpha value is -0.650. The molecule has 0 amide bonds. The van der Waals surface area contributed by atoms with Crippen LogP contribution in [0, 0.1) is 0 Å². The van der Waals surface area contributed by atoms with Gasteiger partial charge in [-0.3, -0.25) is 4.79 Å². The first-order valence-electron chi connectivity index (χ1n) is 4.46. The molecule has 0 radical (unpaired) electrons. The van der Waals surface area contributed by atoms with E-state index < -0.39 is 12.0 Å². The zero-order valence-corrected chi connectivity index (χ0v) is 8.21. The van der Waals surface area contributed by atoms with E-state index >= 15 is 0 Å². The molecule has 0 aromatic carbocycles. The van der Waals surface area contributed by atoms with Crippen LogP contribution in [0.2, 0.25) is 0 Å². The van der Waals surface area contributed by atoms with E-state index in [2.05, 4.69) is 10.6 Å². The van der Waals surface area contributed by atoms with Crippen LogP contribution in [0.25, 0.3) is 0 Å². The molecule has 0 aliphatic heterocycles. The highest BCUT2D eigenvalue weighted by Gasteiger charge is 2.07. The zero-order chi connectivity index (χ0) is 10.3. The van der Waals surface area contributed by atoms with E-state index in [4.69, 9.17) is 10.8 Å². The van der Waals surface area contributed by atoms with Gasteiger partial charge in [-0.1, -0.05) is 0 Å². The largest absolute Gasteiger partial charge is 0.480 e. The molecule has 0 aromatic heterocycles. The first kappa shape index (κ1) is 12.3. The smallest absolute Gasteiger partial charge is 0.320 e. The SMILES string of the molecule is C[C@H](N)CNCCN[C@@H](C)C(=O)O. The van der Waals surface area contributed by atoms with Gasteiger partial charge in [0.25, 0.3) is 0 Å². The molecule has 0 fully saturated rings. The Labute approximate surface area is 78.7 Å². The van der Waals surface area contributed by atoms with Gasteiger partial charge in [0, 0.05) is 25.7 Å². The fourth-order valence-electron chi connectivity index (χ4n) is 0.794. The van der Waals surface area contributed by atoms with Crippen molar-refractivity contribution >= 4 is 5.97 Å². The lowest BCUT2D eigenvalue weighted by atomic mass is 10.3. The topological polar surface area (TPSA) is 87.4 Å². The highest BCUT2D eigenvalue weighted by molar-refractivity contribution is 5.72. The number of carboxylic acids is 1. The second-order valence-corrected chi connectivity index (χ2v) is 3.20. The molecule has 0 heterocycles. The maximum atomic E-state index is 10.4. The van der Waals surface area contributed by atoms with Crippen LogP contribution in [-0.2, 0) is 4.79 Å². The number of hydrogen-bond acceptors (Lipinski definition) is 4. The third-order valence-electron chi connectivity index (χ3n) is 1.59. The first-order chi connectivity index (χ1) is 6.04. The maximum Gasteiger partial charge on any atom is 0.320 e. The van der Waals surface area contributed by atoms with Gasteiger partial charge in [-0.05, 0) is 13.8 Å². The summed E-state index contributed by atoms with van der Waals surface area (Å²) in [7, 11) is 0. The third kappa shape index (κ3) is 7.70. The van der Waals surface area contributed by atoms with Gasteiger partial charge in [0.1, 0.15) is 6.04 Å². The second kappa shape index (κ2) is 6.82. The van der Waals surface area contributed by atoms with E-state index in [9.17, 15) is 4.79 Å². The molecule has 13 heavy (non-hydrogen) atoms. The highest BCUT2D eigenvalue weighted by atomic mass is 16.4. The summed E-state index contributed by atoms with van der Waals surface area (Å²) in [5.41, 5.74) is 5.51. The predicted molar refractivity (Wildman–Crippen MR) is 51.6 cm³/mol. The van der Waals surface area contributed by atoms with Crippen LogP contribution in [0.5, 0.6) is 0 Å². The molecule has 0 bridgehead atoms. The summed E-state index contributed by atoms with van der Waals surface area (Å²) in [6.45, 7) is 5.66. The van der Waals surface area contributed by atoms with E-state index in [1.807, 2.05) is 6.92 Å². The molecule has 0 aromatic rings. The Balaban J connectivity index is 3.21. The van der Waals surface area contributed by atoms with Crippen molar-refractivity contribution < 1.29 is 9.90 Å². The van der Waals surface area contributed by atoms with Gasteiger partial charge in [-0.2, -0.15) is 0 Å². The van der Waals surface area contributed by atoms with Gasteiger partial charge in [0.15, 0.2) is 0 Å². The summed E-state index contributed by atoms with van der Waals surface area (Å²) in [6.07, 6.45) is 0. The van der Waals surface area contributed by atoms with Crippen LogP contribution < -0.4 is 16.4 Å². The Morgan fingerprint density at radius 1 is 1.46 bits per heavy atom. The van der Waals surface area contributed by atoms with E-state index in [1.165, 1.54) is 0 Å². The molecule has 0 spiro atoms. The number of nitrogens with one attached hydrogen (secondary N) is 2. The Kier molecular flexibility index (Phi) is 6.48. The van der Waals surface area contributed by atoms with Crippen LogP contribution >= 0.6 is 0 Å². The predicted octanol–water partition coefficient (Wildman–Crippen LogP) is -1.01. The average molecular weight is 189 g/mol. The molecule has 78 valence electrons. The molecule has 5 nitrogen and oxygen atoms in total. The minimum atomic E-state index is -0.827. The molecule has 5 heteroatoms. The van der Waals surface area contributed by atoms with Crippen molar-refractivity contribution in [3.63, 3.8) is 0 Å². The summed E-state index contributed by atoms with van der Waals surface area (Å²) < 4.78 is 0. The Bertz CT molecular complexity index is 150. The number of rotatable bonds is 7. The van der Waals surface area contributed by atoms with Gasteiger partial charge in [-0.25, -0.2) is 0 Å². The summed E-state index contributed by atoms with van der Waals surface area (Å²) >= 11 is 0. The lowest BCUT2D eigenvalue weighted by Gasteiger charge is -2.10. The lowest BCUT2D eigenvalue weighted by Crippen LogP contribution is -2.40. The van der Waals surface area contributed by atoms with Crippen LogP contribution in [0.15, 0.2) is 0 Å². The molecule has 0 aliphatic carbocycles. The van der Waals surface area contributed by atoms with Crippen molar-refractivity contribution in [2.24, 2.45) is 5.73 Å². The molecule has 0 rings (SSSR count). The van der Waals surface area contributed by atoms with Gasteiger partial charge < -0.3 is 21.5 Å². The summed E-state index contributed by atoms with van der Waals surface area (Å²) in [5.74, 6) is -0.827. The van der Waals surface area contributed by atoms with Gasteiger partial charge in [0.05, 0.1) is 0 Å². The zero-order valence-electron chi connectivity index (χ0n) is 8.21. The van der Waals surface area contributed by atoms with E-state index in [0.717, 1.165) is 13.1 Å². The van der Waals surface area contributed by atoms with Crippen molar-refractivity contribution in [1.29, 1.82) is 0 Å². The number of hydrogen-bond donors (Lipinski definition) is 4. The van der Waals surface area contributed by atoms with Crippen LogP contribution in [0.4, 0.5) is 0 Å². The quantitative estimate of drug-likeness (QED) is 0.385. The van der Waals surface area contributed by atoms with Crippen molar-refractivity contribution in [2.75, 3.05) is 19.6 Å². The monoisotopic (exact) mass is 189 g/mol. The summed E-state index contributed by atoms with van der Waals surface area (Å²) in [4.78, 5) is 10.4. The Morgan fingerprint density at radius 2 is 2.08 bits per heavy atom. The van der Waals surface area contributed by atoms with E-state index in [0.29, 0.717) is 6.54 Å². The maximum absolute atomic E-state index is 10.4. The number of carboxylic acid groups (broad SMARTS) is 1. The third-order valence-corrected chi connectivity index (χ3v) is 1.59. The van der Waals surface area contributed by atoms with E-state index in [1.54, 1.807) is 6.92 Å².